The highest BCUT2D eigenvalue weighted by molar-refractivity contribution is 6.02. The molecule has 2 aromatic rings. The number of methoxy groups -OCH3 is 1. The van der Waals surface area contributed by atoms with E-state index in [1.807, 2.05) is 18.2 Å². The van der Waals surface area contributed by atoms with Gasteiger partial charge in [-0.05, 0) is 79.0 Å². The third kappa shape index (κ3) is 6.76. The van der Waals surface area contributed by atoms with Gasteiger partial charge in [0.2, 0.25) is 12.6 Å². The maximum atomic E-state index is 13.9. The molecule has 0 bridgehead atoms. The molecule has 0 radical (unpaired) electrons. The van der Waals surface area contributed by atoms with Crippen LogP contribution in [0.1, 0.15) is 62.0 Å². The van der Waals surface area contributed by atoms with Crippen molar-refractivity contribution in [3.63, 3.8) is 0 Å². The fraction of sp³-hybridized carbons (Fsp3) is 0.526. The molecule has 2 aromatic carbocycles. The Labute approximate surface area is 292 Å². The summed E-state index contributed by atoms with van der Waals surface area (Å²) in [7, 11) is 2.85. The van der Waals surface area contributed by atoms with Gasteiger partial charge in [0.1, 0.15) is 24.7 Å². The number of aliphatic hydroxyl groups is 2. The van der Waals surface area contributed by atoms with Crippen LogP contribution in [0, 0.1) is 17.8 Å². The van der Waals surface area contributed by atoms with E-state index in [2.05, 4.69) is 17.8 Å². The number of oxime groups is 1. The molecule has 6 rings (SSSR count). The molecule has 1 amide bonds. The number of nitrogens with zero attached hydrogens (tertiary/aromatic N) is 2. The second kappa shape index (κ2) is 15.7. The zero-order chi connectivity index (χ0) is 35.3. The largest absolute Gasteiger partial charge is 0.508 e. The van der Waals surface area contributed by atoms with E-state index in [0.717, 1.165) is 42.4 Å². The summed E-state index contributed by atoms with van der Waals surface area (Å²) in [6.07, 6.45) is 8.15. The van der Waals surface area contributed by atoms with E-state index < -0.39 is 23.8 Å². The molecule has 2 aliphatic carbocycles. The monoisotopic (exact) mass is 692 g/mol. The van der Waals surface area contributed by atoms with Crippen molar-refractivity contribution >= 4 is 11.8 Å². The van der Waals surface area contributed by atoms with Crippen molar-refractivity contribution in [2.45, 2.75) is 69.2 Å². The van der Waals surface area contributed by atoms with Crippen molar-refractivity contribution in [1.29, 1.82) is 0 Å². The Morgan fingerprint density at radius 1 is 1.04 bits per heavy atom. The number of phenolic OH excluding ortho intramolecular Hbond substituents is 1. The van der Waals surface area contributed by atoms with Crippen LogP contribution >= 0.6 is 0 Å². The molecule has 50 heavy (non-hydrogen) atoms. The third-order valence-corrected chi connectivity index (χ3v) is 10.4. The number of aliphatic hydroxyl groups excluding tert-OH is 2. The molecule has 12 heteroatoms. The van der Waals surface area contributed by atoms with Gasteiger partial charge in [-0.2, -0.15) is 0 Å². The molecule has 270 valence electrons. The number of amides is 1. The lowest BCUT2D eigenvalue weighted by atomic mass is 9.55. The molecular weight excluding hydrogens is 644 g/mol. The smallest absolute Gasteiger partial charge is 0.410 e. The molecular formula is C38H48N2O10. The summed E-state index contributed by atoms with van der Waals surface area (Å²) < 4.78 is 30.5. The first kappa shape index (κ1) is 35.6. The van der Waals surface area contributed by atoms with Gasteiger partial charge in [-0.15, -0.1) is 6.58 Å². The average molecular weight is 693 g/mol. The molecule has 6 atom stereocenters. The number of hydrogen-bond acceptors (Lipinski definition) is 11. The molecule has 0 spiro atoms. The van der Waals surface area contributed by atoms with Gasteiger partial charge >= 0.3 is 6.09 Å². The van der Waals surface area contributed by atoms with E-state index in [1.54, 1.807) is 29.2 Å². The summed E-state index contributed by atoms with van der Waals surface area (Å²) in [5.41, 5.74) is 3.21. The number of phenols is 1. The average Bonchev–Trinajstić information content (AvgIpc) is 3.60. The van der Waals surface area contributed by atoms with Crippen molar-refractivity contribution < 1.29 is 48.6 Å². The van der Waals surface area contributed by atoms with Gasteiger partial charge in [-0.1, -0.05) is 36.2 Å². The predicted octanol–water partition coefficient (Wildman–Crippen LogP) is 5.65. The molecule has 1 fully saturated rings. The normalized spacial score (nSPS) is 26.7. The number of carbonyl (C=O) groups excluding carboxylic acids is 1. The number of aromatic hydroxyl groups is 1. The van der Waals surface area contributed by atoms with E-state index in [0.29, 0.717) is 35.8 Å². The van der Waals surface area contributed by atoms with Crippen LogP contribution in [0.25, 0.3) is 0 Å². The van der Waals surface area contributed by atoms with Gasteiger partial charge in [0, 0.05) is 37.7 Å². The maximum Gasteiger partial charge on any atom is 0.410 e. The first-order valence-corrected chi connectivity index (χ1v) is 17.4. The molecule has 3 N–H and O–H groups in total. The standard InChI is InChI=1S/C38H48N2O10/c1-4-17-49-38-34(40(37(44)45-2)22-24-11-13-32-33(18-24)48-23-47-32)21-30(39-46-3)28-19-25(9-5-7-15-41)27(10-6-8-16-42)35(36(28)38)29-20-26(43)12-14-31(29)50-38/h4,11-14,18-20,25,27,34-36,41-43H,1,5-10,15-17,21-23H2,2-3H3. The fourth-order valence-electron chi connectivity index (χ4n) is 8.42. The Morgan fingerprint density at radius 3 is 2.54 bits per heavy atom. The quantitative estimate of drug-likeness (QED) is 0.121. The number of benzene rings is 2. The van der Waals surface area contributed by atoms with Gasteiger partial charge in [-0.25, -0.2) is 4.79 Å². The van der Waals surface area contributed by atoms with Gasteiger partial charge in [0.05, 0.1) is 25.3 Å². The Morgan fingerprint density at radius 2 is 1.80 bits per heavy atom. The number of rotatable bonds is 15. The van der Waals surface area contributed by atoms with Crippen molar-refractivity contribution in [1.82, 2.24) is 4.90 Å². The molecule has 0 aromatic heterocycles. The van der Waals surface area contributed by atoms with Crippen LogP contribution in [0.2, 0.25) is 0 Å². The minimum atomic E-state index is -1.43. The van der Waals surface area contributed by atoms with Crippen molar-refractivity contribution in [3.8, 4) is 23.0 Å². The van der Waals surface area contributed by atoms with Crippen molar-refractivity contribution in [2.24, 2.45) is 22.9 Å². The minimum absolute atomic E-state index is 0.0492. The van der Waals surface area contributed by atoms with Gasteiger partial charge in [0.25, 0.3) is 0 Å². The van der Waals surface area contributed by atoms with E-state index in [9.17, 15) is 20.1 Å². The van der Waals surface area contributed by atoms with Crippen LogP contribution < -0.4 is 14.2 Å². The zero-order valence-electron chi connectivity index (χ0n) is 28.8. The van der Waals surface area contributed by atoms with Crippen LogP contribution in [-0.2, 0) is 20.9 Å². The molecule has 2 heterocycles. The number of unbranched alkanes of at least 4 members (excludes halogenated alkanes) is 2. The van der Waals surface area contributed by atoms with Gasteiger partial charge < -0.3 is 43.8 Å². The summed E-state index contributed by atoms with van der Waals surface area (Å²) in [5, 5.41) is 34.8. The first-order chi connectivity index (χ1) is 24.4. The fourth-order valence-corrected chi connectivity index (χ4v) is 8.42. The second-order valence-electron chi connectivity index (χ2n) is 13.3. The Kier molecular flexibility index (Phi) is 11.2. The highest BCUT2D eigenvalue weighted by Crippen LogP contribution is 2.62. The van der Waals surface area contributed by atoms with Crippen molar-refractivity contribution in [2.75, 3.05) is 40.8 Å². The molecule has 2 aliphatic heterocycles. The third-order valence-electron chi connectivity index (χ3n) is 10.4. The number of ether oxygens (including phenoxy) is 5. The number of hydrogen-bond donors (Lipinski definition) is 3. The number of fused-ring (bicyclic) bond motifs is 3. The summed E-state index contributed by atoms with van der Waals surface area (Å²) >= 11 is 0. The molecule has 0 saturated heterocycles. The van der Waals surface area contributed by atoms with E-state index >= 15 is 0 Å². The zero-order valence-corrected chi connectivity index (χ0v) is 28.8. The summed E-state index contributed by atoms with van der Waals surface area (Å²) in [5.74, 6) is -0.117. The van der Waals surface area contributed by atoms with Crippen LogP contribution in [0.3, 0.4) is 0 Å². The number of carbonyl (C=O) groups is 1. The molecule has 1 saturated carbocycles. The van der Waals surface area contributed by atoms with Gasteiger partial charge in [0.15, 0.2) is 11.5 Å². The SMILES string of the molecule is C=CCOC12Oc3ccc(O)cc3C3C(CCCCO)C(CCCCO)C=C(C(=NOC)CC1N(Cc1ccc4c(c1)OCO4)C(=O)OC)C32. The summed E-state index contributed by atoms with van der Waals surface area (Å²) in [6.45, 7) is 4.54. The number of allylic oxidation sites excluding steroid dienone is 1. The topological polar surface area (TPSA) is 149 Å². The van der Waals surface area contributed by atoms with E-state index in [4.69, 9.17) is 28.5 Å². The lowest BCUT2D eigenvalue weighted by molar-refractivity contribution is -0.256. The highest BCUT2D eigenvalue weighted by atomic mass is 16.7. The lowest BCUT2D eigenvalue weighted by Crippen LogP contribution is -2.70. The Hall–Kier alpha value is -4.26. The van der Waals surface area contributed by atoms with Crippen molar-refractivity contribution in [3.05, 3.63) is 71.8 Å². The maximum absolute atomic E-state index is 13.9. The minimum Gasteiger partial charge on any atom is -0.508 e. The Bertz CT molecular complexity index is 1590. The Balaban J connectivity index is 1.56. The summed E-state index contributed by atoms with van der Waals surface area (Å²) in [6, 6.07) is 9.93. The molecule has 6 unspecified atom stereocenters. The van der Waals surface area contributed by atoms with E-state index in [-0.39, 0.29) is 63.1 Å². The van der Waals surface area contributed by atoms with Crippen LogP contribution in [0.4, 0.5) is 4.79 Å². The predicted molar refractivity (Wildman–Crippen MR) is 184 cm³/mol. The first-order valence-electron chi connectivity index (χ1n) is 17.4. The summed E-state index contributed by atoms with van der Waals surface area (Å²) in [4.78, 5) is 21.0. The molecule has 12 nitrogen and oxygen atoms in total. The van der Waals surface area contributed by atoms with Gasteiger partial charge in [-0.3, -0.25) is 4.90 Å². The lowest BCUT2D eigenvalue weighted by Gasteiger charge is -2.59. The van der Waals surface area contributed by atoms with Crippen LogP contribution in [0.15, 0.2) is 65.9 Å². The highest BCUT2D eigenvalue weighted by Gasteiger charge is 2.65. The molecule has 4 aliphatic rings. The van der Waals surface area contributed by atoms with Crippen LogP contribution in [0.5, 0.6) is 23.0 Å². The second-order valence-corrected chi connectivity index (χ2v) is 13.3. The van der Waals surface area contributed by atoms with Crippen LogP contribution in [-0.4, -0.2) is 84.7 Å². The van der Waals surface area contributed by atoms with E-state index in [1.165, 1.54) is 14.2 Å².